The monoisotopic (exact) mass is 304 g/mol. The van der Waals surface area contributed by atoms with E-state index in [-0.39, 0.29) is 6.10 Å². The maximum atomic E-state index is 12.0. The summed E-state index contributed by atoms with van der Waals surface area (Å²) < 4.78 is 0. The third-order valence-corrected chi connectivity index (χ3v) is 3.98. The van der Waals surface area contributed by atoms with E-state index in [1.165, 1.54) is 10.5 Å². The quantitative estimate of drug-likeness (QED) is 0.835. The van der Waals surface area contributed by atoms with Crippen molar-refractivity contribution in [2.75, 3.05) is 18.4 Å². The van der Waals surface area contributed by atoms with Gasteiger partial charge in [0.05, 0.1) is 6.10 Å². The molecule has 1 aromatic carbocycles. The van der Waals surface area contributed by atoms with Gasteiger partial charge < -0.3 is 15.3 Å². The van der Waals surface area contributed by atoms with Crippen molar-refractivity contribution >= 4 is 17.5 Å². The number of aliphatic hydroxyl groups is 1. The highest BCUT2D eigenvalue weighted by molar-refractivity contribution is 6.39. The van der Waals surface area contributed by atoms with Crippen molar-refractivity contribution in [3.05, 3.63) is 29.8 Å². The highest BCUT2D eigenvalue weighted by atomic mass is 16.3. The van der Waals surface area contributed by atoms with Crippen LogP contribution >= 0.6 is 0 Å². The SMILES string of the molecule is CCCCc1ccc(NC(=O)C(=O)N2CCC(O)CC2)cc1. The summed E-state index contributed by atoms with van der Waals surface area (Å²) in [5, 5.41) is 12.1. The molecule has 5 heteroatoms. The fourth-order valence-electron chi connectivity index (χ4n) is 2.53. The summed E-state index contributed by atoms with van der Waals surface area (Å²) in [5.74, 6) is -1.14. The minimum Gasteiger partial charge on any atom is -0.393 e. The third kappa shape index (κ3) is 4.56. The Hall–Kier alpha value is -1.88. The fourth-order valence-corrected chi connectivity index (χ4v) is 2.53. The van der Waals surface area contributed by atoms with Crippen LogP contribution in [0, 0.1) is 0 Å². The number of anilines is 1. The fraction of sp³-hybridized carbons (Fsp3) is 0.529. The van der Waals surface area contributed by atoms with Crippen molar-refractivity contribution in [1.82, 2.24) is 4.90 Å². The highest BCUT2D eigenvalue weighted by Crippen LogP contribution is 2.13. The predicted octanol–water partition coefficient (Wildman–Crippen LogP) is 1.95. The standard InChI is InChI=1S/C17H24N2O3/c1-2-3-4-13-5-7-14(8-6-13)18-16(21)17(22)19-11-9-15(20)10-12-19/h5-8,15,20H,2-4,9-12H2,1H3,(H,18,21). The van der Waals surface area contributed by atoms with E-state index in [2.05, 4.69) is 12.2 Å². The molecule has 5 nitrogen and oxygen atoms in total. The lowest BCUT2D eigenvalue weighted by atomic mass is 10.1. The van der Waals surface area contributed by atoms with E-state index in [0.29, 0.717) is 31.6 Å². The lowest BCUT2D eigenvalue weighted by Gasteiger charge is -2.28. The summed E-state index contributed by atoms with van der Waals surface area (Å²) in [5.41, 5.74) is 1.87. The van der Waals surface area contributed by atoms with Crippen LogP contribution in [0.3, 0.4) is 0 Å². The molecule has 1 heterocycles. The van der Waals surface area contributed by atoms with Crippen molar-refractivity contribution in [2.45, 2.75) is 45.1 Å². The van der Waals surface area contributed by atoms with Gasteiger partial charge in [0.25, 0.3) is 0 Å². The Labute approximate surface area is 131 Å². The first-order valence-electron chi connectivity index (χ1n) is 7.97. The van der Waals surface area contributed by atoms with Gasteiger partial charge in [-0.25, -0.2) is 0 Å². The van der Waals surface area contributed by atoms with Crippen LogP contribution in [0.5, 0.6) is 0 Å². The first-order valence-corrected chi connectivity index (χ1v) is 7.97. The molecule has 2 N–H and O–H groups in total. The molecule has 0 bridgehead atoms. The molecule has 1 saturated heterocycles. The number of carbonyl (C=O) groups is 2. The van der Waals surface area contributed by atoms with Crippen molar-refractivity contribution in [3.8, 4) is 0 Å². The number of aryl methyl sites for hydroxylation is 1. The molecule has 1 aliphatic rings. The summed E-state index contributed by atoms with van der Waals surface area (Å²) in [6, 6.07) is 7.62. The van der Waals surface area contributed by atoms with Gasteiger partial charge in [0.15, 0.2) is 0 Å². The van der Waals surface area contributed by atoms with Crippen LogP contribution in [0.4, 0.5) is 5.69 Å². The molecule has 2 rings (SSSR count). The number of unbranched alkanes of at least 4 members (excludes halogenated alkanes) is 1. The number of nitrogens with one attached hydrogen (secondary N) is 1. The predicted molar refractivity (Wildman–Crippen MR) is 85.5 cm³/mol. The molecule has 1 fully saturated rings. The topological polar surface area (TPSA) is 69.6 Å². The lowest BCUT2D eigenvalue weighted by molar-refractivity contribution is -0.144. The molecule has 1 aliphatic heterocycles. The Bertz CT molecular complexity index is 505. The number of aliphatic hydroxyl groups excluding tert-OH is 1. The number of benzene rings is 1. The van der Waals surface area contributed by atoms with E-state index in [1.54, 1.807) is 0 Å². The van der Waals surface area contributed by atoms with Crippen molar-refractivity contribution in [2.24, 2.45) is 0 Å². The summed E-state index contributed by atoms with van der Waals surface area (Å²) >= 11 is 0. The smallest absolute Gasteiger partial charge is 0.313 e. The molecular weight excluding hydrogens is 280 g/mol. The number of nitrogens with zero attached hydrogens (tertiary/aromatic N) is 1. The molecule has 0 saturated carbocycles. The zero-order valence-electron chi connectivity index (χ0n) is 13.0. The zero-order valence-corrected chi connectivity index (χ0v) is 13.0. The molecule has 0 radical (unpaired) electrons. The molecule has 22 heavy (non-hydrogen) atoms. The van der Waals surface area contributed by atoms with E-state index in [0.717, 1.165) is 19.3 Å². The Morgan fingerprint density at radius 3 is 2.45 bits per heavy atom. The van der Waals surface area contributed by atoms with Crippen LogP contribution in [0.1, 0.15) is 38.2 Å². The highest BCUT2D eigenvalue weighted by Gasteiger charge is 2.26. The second-order valence-electron chi connectivity index (χ2n) is 5.78. The van der Waals surface area contributed by atoms with Gasteiger partial charge in [-0.15, -0.1) is 0 Å². The van der Waals surface area contributed by atoms with Crippen LogP contribution < -0.4 is 5.32 Å². The summed E-state index contributed by atoms with van der Waals surface area (Å²) in [6.07, 6.45) is 4.03. The van der Waals surface area contributed by atoms with Gasteiger partial charge in [0, 0.05) is 18.8 Å². The van der Waals surface area contributed by atoms with E-state index in [1.807, 2.05) is 24.3 Å². The Morgan fingerprint density at radius 1 is 1.23 bits per heavy atom. The maximum Gasteiger partial charge on any atom is 0.313 e. The van der Waals surface area contributed by atoms with E-state index >= 15 is 0 Å². The van der Waals surface area contributed by atoms with Crippen LogP contribution in [0.25, 0.3) is 0 Å². The molecule has 1 aromatic rings. The molecule has 0 aromatic heterocycles. The Balaban J connectivity index is 1.87. The number of piperidine rings is 1. The Morgan fingerprint density at radius 2 is 1.86 bits per heavy atom. The second-order valence-corrected chi connectivity index (χ2v) is 5.78. The van der Waals surface area contributed by atoms with Gasteiger partial charge >= 0.3 is 11.8 Å². The van der Waals surface area contributed by atoms with E-state index in [9.17, 15) is 14.7 Å². The largest absolute Gasteiger partial charge is 0.393 e. The minimum atomic E-state index is -0.613. The second kappa shape index (κ2) is 7.94. The number of likely N-dealkylation sites (tertiary alicyclic amines) is 1. The average Bonchev–Trinajstić information content (AvgIpc) is 2.54. The van der Waals surface area contributed by atoms with Gasteiger partial charge in [-0.1, -0.05) is 25.5 Å². The van der Waals surface area contributed by atoms with Crippen molar-refractivity contribution < 1.29 is 14.7 Å². The molecule has 0 unspecified atom stereocenters. The third-order valence-electron chi connectivity index (χ3n) is 3.98. The first kappa shape index (κ1) is 16.5. The number of hydrogen-bond donors (Lipinski definition) is 2. The molecule has 0 atom stereocenters. The number of carbonyl (C=O) groups excluding carboxylic acids is 2. The van der Waals surface area contributed by atoms with Gasteiger partial charge in [0.1, 0.15) is 0 Å². The van der Waals surface area contributed by atoms with Crippen LogP contribution in [0.2, 0.25) is 0 Å². The van der Waals surface area contributed by atoms with Gasteiger partial charge in [-0.2, -0.15) is 0 Å². The van der Waals surface area contributed by atoms with E-state index in [4.69, 9.17) is 0 Å². The van der Waals surface area contributed by atoms with Crippen molar-refractivity contribution in [1.29, 1.82) is 0 Å². The average molecular weight is 304 g/mol. The van der Waals surface area contributed by atoms with Crippen molar-refractivity contribution in [3.63, 3.8) is 0 Å². The Kier molecular flexibility index (Phi) is 5.95. The van der Waals surface area contributed by atoms with Crippen LogP contribution in [0.15, 0.2) is 24.3 Å². The summed E-state index contributed by atoms with van der Waals surface area (Å²) in [7, 11) is 0. The molecule has 0 aliphatic carbocycles. The normalized spacial score (nSPS) is 15.6. The maximum absolute atomic E-state index is 12.0. The van der Waals surface area contributed by atoms with Crippen LogP contribution in [-0.4, -0.2) is 41.0 Å². The zero-order chi connectivity index (χ0) is 15.9. The lowest BCUT2D eigenvalue weighted by Crippen LogP contribution is -2.45. The first-order chi connectivity index (χ1) is 10.6. The minimum absolute atomic E-state index is 0.359. The van der Waals surface area contributed by atoms with Gasteiger partial charge in [-0.3, -0.25) is 9.59 Å². The number of rotatable bonds is 4. The number of hydrogen-bond acceptors (Lipinski definition) is 3. The van der Waals surface area contributed by atoms with Gasteiger partial charge in [0.2, 0.25) is 0 Å². The number of amides is 2. The molecular formula is C17H24N2O3. The van der Waals surface area contributed by atoms with Gasteiger partial charge in [-0.05, 0) is 43.4 Å². The van der Waals surface area contributed by atoms with Crippen LogP contribution in [-0.2, 0) is 16.0 Å². The molecule has 120 valence electrons. The van der Waals surface area contributed by atoms with E-state index < -0.39 is 11.8 Å². The summed E-state index contributed by atoms with van der Waals surface area (Å²) in [4.78, 5) is 25.5. The summed E-state index contributed by atoms with van der Waals surface area (Å²) in [6.45, 7) is 3.02. The molecule has 2 amide bonds. The molecule has 0 spiro atoms.